The molecule has 0 radical (unpaired) electrons. The van der Waals surface area contributed by atoms with Gasteiger partial charge in [0.15, 0.2) is 0 Å². The van der Waals surface area contributed by atoms with Crippen LogP contribution in [-0.4, -0.2) is 4.57 Å². The summed E-state index contributed by atoms with van der Waals surface area (Å²) < 4.78 is 8.71. The fraction of sp³-hybridized carbons (Fsp3) is 0.0476. The van der Waals surface area contributed by atoms with Gasteiger partial charge >= 0.3 is 0 Å². The Morgan fingerprint density at radius 2 is 1.30 bits per heavy atom. The fourth-order valence-corrected chi connectivity index (χ4v) is 7.64. The van der Waals surface area contributed by atoms with Crippen molar-refractivity contribution in [2.75, 3.05) is 0 Å². The first-order chi connectivity index (χ1) is 21.8. The van der Waals surface area contributed by atoms with Gasteiger partial charge in [0, 0.05) is 44.6 Å². The third-order valence-electron chi connectivity index (χ3n) is 9.59. The van der Waals surface area contributed by atoms with Gasteiger partial charge in [-0.3, -0.25) is 0 Å². The average Bonchev–Trinajstić information content (AvgIpc) is 3.64. The van der Waals surface area contributed by atoms with Crippen molar-refractivity contribution < 1.29 is 4.42 Å². The van der Waals surface area contributed by atoms with E-state index in [0.29, 0.717) is 0 Å². The molecule has 9 aromatic rings. The van der Waals surface area contributed by atoms with Crippen molar-refractivity contribution >= 4 is 71.2 Å². The van der Waals surface area contributed by atoms with E-state index >= 15 is 0 Å². The van der Waals surface area contributed by atoms with Gasteiger partial charge < -0.3 is 8.98 Å². The molecule has 0 N–H and O–H groups in total. The average molecular weight is 562 g/mol. The van der Waals surface area contributed by atoms with E-state index in [1.807, 2.05) is 0 Å². The molecule has 10 rings (SSSR count). The highest BCUT2D eigenvalue weighted by atomic mass is 16.3. The van der Waals surface area contributed by atoms with Crippen molar-refractivity contribution in [2.24, 2.45) is 0 Å². The molecule has 44 heavy (non-hydrogen) atoms. The van der Waals surface area contributed by atoms with Crippen molar-refractivity contribution in [3.63, 3.8) is 0 Å². The lowest BCUT2D eigenvalue weighted by molar-refractivity contribution is 0.546. The molecule has 0 saturated carbocycles. The Morgan fingerprint density at radius 3 is 2.18 bits per heavy atom. The number of para-hydroxylation sites is 1. The number of aryl methyl sites for hydroxylation is 1. The molecule has 0 spiro atoms. The van der Waals surface area contributed by atoms with Crippen LogP contribution in [0.1, 0.15) is 17.7 Å². The van der Waals surface area contributed by atoms with Gasteiger partial charge in [-0.15, -0.1) is 0 Å². The van der Waals surface area contributed by atoms with Crippen LogP contribution < -0.4 is 0 Å². The minimum Gasteiger partial charge on any atom is -0.460 e. The lowest BCUT2D eigenvalue weighted by Crippen LogP contribution is -1.94. The molecule has 1 aliphatic carbocycles. The van der Waals surface area contributed by atoms with Crippen molar-refractivity contribution in [1.29, 1.82) is 0 Å². The summed E-state index contributed by atoms with van der Waals surface area (Å²) in [4.78, 5) is 0. The summed E-state index contributed by atoms with van der Waals surface area (Å²) in [6.45, 7) is 0. The second-order valence-corrected chi connectivity index (χ2v) is 12.0. The molecule has 0 atom stereocenters. The highest BCUT2D eigenvalue weighted by Gasteiger charge is 2.21. The first-order valence-electron chi connectivity index (χ1n) is 15.4. The number of fused-ring (bicyclic) bond motifs is 13. The van der Waals surface area contributed by atoms with Crippen LogP contribution in [0.3, 0.4) is 0 Å². The van der Waals surface area contributed by atoms with Crippen molar-refractivity contribution in [3.8, 4) is 16.8 Å². The molecule has 0 amide bonds. The number of nitrogens with zero attached hydrogens (tertiary/aromatic N) is 1. The number of benzene rings is 7. The standard InChI is InChI=1S/C42H27NO/c1-2-11-29(12-3-1)43-37-22-19-27(28-20-23-39-35(24-28)32-15-8-9-17-38(32)44-39)25-36(37)41-40-30-13-5-4-10-26(30)18-21-33(40)31-14-6-7-16-34(31)42(41)43/h1-8,10-16,18-25H,9,17H2. The van der Waals surface area contributed by atoms with Crippen LogP contribution in [-0.2, 0) is 6.42 Å². The molecule has 2 heteroatoms. The smallest absolute Gasteiger partial charge is 0.134 e. The third-order valence-corrected chi connectivity index (χ3v) is 9.59. The fourth-order valence-electron chi connectivity index (χ4n) is 7.64. The largest absolute Gasteiger partial charge is 0.460 e. The normalized spacial score (nSPS) is 13.2. The molecule has 1 aliphatic rings. The number of hydrogen-bond acceptors (Lipinski definition) is 1. The van der Waals surface area contributed by atoms with Crippen molar-refractivity contribution in [2.45, 2.75) is 12.8 Å². The Morgan fingerprint density at radius 1 is 0.545 bits per heavy atom. The summed E-state index contributed by atoms with van der Waals surface area (Å²) in [5.74, 6) is 1.10. The number of aromatic nitrogens is 1. The van der Waals surface area contributed by atoms with Gasteiger partial charge in [-0.25, -0.2) is 0 Å². The summed E-state index contributed by atoms with van der Waals surface area (Å²) >= 11 is 0. The van der Waals surface area contributed by atoms with Crippen LogP contribution in [0.25, 0.3) is 88.0 Å². The van der Waals surface area contributed by atoms with E-state index in [-0.39, 0.29) is 0 Å². The second kappa shape index (κ2) is 8.95. The van der Waals surface area contributed by atoms with Crippen molar-refractivity contribution in [3.05, 3.63) is 145 Å². The summed E-state index contributed by atoms with van der Waals surface area (Å²) in [5.41, 5.74) is 8.26. The molecule has 206 valence electrons. The molecular formula is C42H27NO. The Bertz CT molecular complexity index is 2650. The van der Waals surface area contributed by atoms with Gasteiger partial charge in [0.1, 0.15) is 11.3 Å². The SMILES string of the molecule is C1=Cc2c(oc3ccc(-c4ccc5c(c4)c4c6c7ccccc7ccc6c6ccccc6c4n5-c4ccccc4)cc23)CC1. The molecule has 2 nitrogen and oxygen atoms in total. The molecule has 0 bridgehead atoms. The van der Waals surface area contributed by atoms with E-state index in [0.717, 1.165) is 24.2 Å². The maximum absolute atomic E-state index is 6.24. The van der Waals surface area contributed by atoms with E-state index in [9.17, 15) is 0 Å². The van der Waals surface area contributed by atoms with E-state index in [1.54, 1.807) is 0 Å². The Hall–Kier alpha value is -5.60. The molecule has 0 aliphatic heterocycles. The van der Waals surface area contributed by atoms with Crippen LogP contribution in [0, 0.1) is 0 Å². The molecule has 0 unspecified atom stereocenters. The molecular weight excluding hydrogens is 534 g/mol. The Kier molecular flexibility index (Phi) is 4.86. The summed E-state index contributed by atoms with van der Waals surface area (Å²) in [7, 11) is 0. The molecule has 0 fully saturated rings. The van der Waals surface area contributed by atoms with Gasteiger partial charge in [-0.05, 0) is 75.5 Å². The minimum atomic E-state index is 0.968. The Labute approximate surface area is 254 Å². The zero-order valence-electron chi connectivity index (χ0n) is 24.0. The van der Waals surface area contributed by atoms with E-state index in [4.69, 9.17) is 4.42 Å². The minimum absolute atomic E-state index is 0.968. The predicted molar refractivity (Wildman–Crippen MR) is 186 cm³/mol. The summed E-state index contributed by atoms with van der Waals surface area (Å²) in [5, 5.41) is 11.5. The highest BCUT2D eigenvalue weighted by molar-refractivity contribution is 6.37. The predicted octanol–water partition coefficient (Wildman–Crippen LogP) is 11.6. The molecule has 2 aromatic heterocycles. The van der Waals surface area contributed by atoms with Crippen molar-refractivity contribution in [1.82, 2.24) is 4.57 Å². The summed E-state index contributed by atoms with van der Waals surface area (Å²) in [6.07, 6.45) is 6.50. The number of furan rings is 1. The molecule has 7 aromatic carbocycles. The van der Waals surface area contributed by atoms with Crippen LogP contribution in [0.5, 0.6) is 0 Å². The Balaban J connectivity index is 1.39. The molecule has 0 saturated heterocycles. The maximum Gasteiger partial charge on any atom is 0.134 e. The zero-order chi connectivity index (χ0) is 28.8. The highest BCUT2D eigenvalue weighted by Crippen LogP contribution is 2.45. The van der Waals surface area contributed by atoms with Gasteiger partial charge in [0.05, 0.1) is 11.0 Å². The van der Waals surface area contributed by atoms with Crippen LogP contribution in [0.15, 0.2) is 138 Å². The lowest BCUT2D eigenvalue weighted by atomic mass is 9.92. The number of rotatable bonds is 2. The van der Waals surface area contributed by atoms with E-state index in [2.05, 4.69) is 144 Å². The quantitative estimate of drug-likeness (QED) is 0.192. The van der Waals surface area contributed by atoms with E-state index in [1.165, 1.54) is 81.9 Å². The lowest BCUT2D eigenvalue weighted by Gasteiger charge is -2.13. The summed E-state index contributed by atoms with van der Waals surface area (Å²) in [6, 6.07) is 46.8. The number of allylic oxidation sites excluding steroid dienone is 1. The molecule has 2 heterocycles. The van der Waals surface area contributed by atoms with Gasteiger partial charge in [0.2, 0.25) is 0 Å². The van der Waals surface area contributed by atoms with Crippen LogP contribution >= 0.6 is 0 Å². The van der Waals surface area contributed by atoms with Gasteiger partial charge in [-0.1, -0.05) is 103 Å². The van der Waals surface area contributed by atoms with Gasteiger partial charge in [-0.2, -0.15) is 0 Å². The van der Waals surface area contributed by atoms with Gasteiger partial charge in [0.25, 0.3) is 0 Å². The first-order valence-corrected chi connectivity index (χ1v) is 15.4. The topological polar surface area (TPSA) is 18.1 Å². The first kappa shape index (κ1) is 23.9. The van der Waals surface area contributed by atoms with Crippen LogP contribution in [0.2, 0.25) is 0 Å². The maximum atomic E-state index is 6.24. The second-order valence-electron chi connectivity index (χ2n) is 12.0. The van der Waals surface area contributed by atoms with E-state index < -0.39 is 0 Å². The zero-order valence-corrected chi connectivity index (χ0v) is 24.0. The number of hydrogen-bond donors (Lipinski definition) is 0. The third kappa shape index (κ3) is 3.25. The monoisotopic (exact) mass is 561 g/mol. The van der Waals surface area contributed by atoms with Crippen LogP contribution in [0.4, 0.5) is 0 Å².